The summed E-state index contributed by atoms with van der Waals surface area (Å²) in [6.07, 6.45) is 6.80. The van der Waals surface area contributed by atoms with E-state index in [4.69, 9.17) is 4.74 Å². The van der Waals surface area contributed by atoms with Gasteiger partial charge in [-0.15, -0.1) is 0 Å². The zero-order chi connectivity index (χ0) is 13.2. The molecular weight excluding hydrogens is 236 g/mol. The smallest absolute Gasteiger partial charge is 0.128 e. The largest absolute Gasteiger partial charge is 0.493 e. The Morgan fingerprint density at radius 3 is 3.11 bits per heavy atom. The molecule has 1 saturated carbocycles. The number of para-hydroxylation sites is 1. The van der Waals surface area contributed by atoms with E-state index in [0.29, 0.717) is 5.92 Å². The van der Waals surface area contributed by atoms with E-state index in [-0.39, 0.29) is 6.10 Å². The summed E-state index contributed by atoms with van der Waals surface area (Å²) >= 11 is 0. The molecule has 0 spiro atoms. The van der Waals surface area contributed by atoms with Crippen LogP contribution in [-0.2, 0) is 6.42 Å². The molecule has 0 saturated heterocycles. The minimum atomic E-state index is -0.345. The minimum absolute atomic E-state index is 0.345. The first-order chi connectivity index (χ1) is 9.29. The molecular formula is C17H24O2. The Balaban J connectivity index is 1.80. The van der Waals surface area contributed by atoms with Gasteiger partial charge in [-0.25, -0.2) is 0 Å². The van der Waals surface area contributed by atoms with Crippen LogP contribution in [0.1, 0.15) is 56.3 Å². The van der Waals surface area contributed by atoms with Crippen molar-refractivity contribution in [3.05, 3.63) is 29.3 Å². The summed E-state index contributed by atoms with van der Waals surface area (Å²) in [4.78, 5) is 0. The van der Waals surface area contributed by atoms with Crippen LogP contribution in [0.15, 0.2) is 18.2 Å². The number of rotatable bonds is 3. The fraction of sp³-hybridized carbons (Fsp3) is 0.647. The zero-order valence-electron chi connectivity index (χ0n) is 11.8. The lowest BCUT2D eigenvalue weighted by Crippen LogP contribution is -2.21. The van der Waals surface area contributed by atoms with Crippen LogP contribution in [0.25, 0.3) is 0 Å². The molecule has 3 atom stereocenters. The highest BCUT2D eigenvalue weighted by Crippen LogP contribution is 2.42. The molecule has 0 amide bonds. The van der Waals surface area contributed by atoms with Gasteiger partial charge < -0.3 is 9.84 Å². The molecule has 1 fully saturated rings. The Morgan fingerprint density at radius 2 is 2.26 bits per heavy atom. The Morgan fingerprint density at radius 1 is 1.37 bits per heavy atom. The number of fused-ring (bicyclic) bond motifs is 1. The Hall–Kier alpha value is -1.02. The topological polar surface area (TPSA) is 29.5 Å². The number of hydrogen-bond acceptors (Lipinski definition) is 2. The summed E-state index contributed by atoms with van der Waals surface area (Å²) in [5.74, 6) is 2.18. The van der Waals surface area contributed by atoms with Crippen molar-refractivity contribution < 1.29 is 9.84 Å². The van der Waals surface area contributed by atoms with Gasteiger partial charge in [0.05, 0.1) is 12.7 Å². The van der Waals surface area contributed by atoms with Crippen molar-refractivity contribution in [2.75, 3.05) is 6.61 Å². The van der Waals surface area contributed by atoms with Crippen LogP contribution < -0.4 is 4.74 Å². The van der Waals surface area contributed by atoms with E-state index in [2.05, 4.69) is 19.1 Å². The Kier molecular flexibility index (Phi) is 3.79. The normalized spacial score (nSPS) is 27.7. The third-order valence-corrected chi connectivity index (χ3v) is 4.91. The first-order valence-corrected chi connectivity index (χ1v) is 7.72. The van der Waals surface area contributed by atoms with Gasteiger partial charge in [-0.1, -0.05) is 44.4 Å². The maximum absolute atomic E-state index is 10.7. The third-order valence-electron chi connectivity index (χ3n) is 4.91. The van der Waals surface area contributed by atoms with Crippen molar-refractivity contribution in [2.45, 2.75) is 51.6 Å². The van der Waals surface area contributed by atoms with Crippen LogP contribution in [0.2, 0.25) is 0 Å². The SMILES string of the molecule is CCC1CCCC(C(O)c2cccc3c2OCC3)C1. The number of benzene rings is 1. The van der Waals surface area contributed by atoms with Crippen LogP contribution in [0.3, 0.4) is 0 Å². The highest BCUT2D eigenvalue weighted by molar-refractivity contribution is 5.45. The van der Waals surface area contributed by atoms with Crippen LogP contribution in [0, 0.1) is 11.8 Å². The summed E-state index contributed by atoms with van der Waals surface area (Å²) in [6, 6.07) is 6.23. The molecule has 1 aliphatic carbocycles. The second-order valence-electron chi connectivity index (χ2n) is 6.08. The van der Waals surface area contributed by atoms with Crippen LogP contribution in [0.4, 0.5) is 0 Å². The van der Waals surface area contributed by atoms with Gasteiger partial charge in [0, 0.05) is 12.0 Å². The second-order valence-corrected chi connectivity index (χ2v) is 6.08. The highest BCUT2D eigenvalue weighted by atomic mass is 16.5. The molecule has 104 valence electrons. The quantitative estimate of drug-likeness (QED) is 0.894. The van der Waals surface area contributed by atoms with Gasteiger partial charge in [-0.3, -0.25) is 0 Å². The lowest BCUT2D eigenvalue weighted by Gasteiger charge is -2.32. The first-order valence-electron chi connectivity index (χ1n) is 7.72. The lowest BCUT2D eigenvalue weighted by atomic mass is 9.76. The predicted molar refractivity (Wildman–Crippen MR) is 76.3 cm³/mol. The van der Waals surface area contributed by atoms with E-state index < -0.39 is 0 Å². The van der Waals surface area contributed by atoms with E-state index in [1.807, 2.05) is 6.07 Å². The summed E-state index contributed by atoms with van der Waals surface area (Å²) < 4.78 is 5.73. The van der Waals surface area contributed by atoms with Gasteiger partial charge in [0.15, 0.2) is 0 Å². The number of aliphatic hydroxyl groups excluding tert-OH is 1. The number of hydrogen-bond donors (Lipinski definition) is 1. The van der Waals surface area contributed by atoms with Gasteiger partial charge in [-0.05, 0) is 30.2 Å². The molecule has 3 rings (SSSR count). The van der Waals surface area contributed by atoms with Crippen LogP contribution in [-0.4, -0.2) is 11.7 Å². The molecule has 2 aliphatic rings. The van der Waals surface area contributed by atoms with Crippen molar-refractivity contribution in [1.82, 2.24) is 0 Å². The Bertz CT molecular complexity index is 441. The van der Waals surface area contributed by atoms with Crippen molar-refractivity contribution in [3.63, 3.8) is 0 Å². The highest BCUT2D eigenvalue weighted by Gasteiger charge is 2.30. The monoisotopic (exact) mass is 260 g/mol. The lowest BCUT2D eigenvalue weighted by molar-refractivity contribution is 0.0657. The molecule has 1 heterocycles. The maximum Gasteiger partial charge on any atom is 0.128 e. The van der Waals surface area contributed by atoms with Crippen LogP contribution >= 0.6 is 0 Å². The molecule has 0 radical (unpaired) electrons. The minimum Gasteiger partial charge on any atom is -0.493 e. The van der Waals surface area contributed by atoms with E-state index in [1.165, 1.54) is 31.2 Å². The van der Waals surface area contributed by atoms with Crippen LogP contribution in [0.5, 0.6) is 5.75 Å². The molecule has 1 aromatic rings. The number of aliphatic hydroxyl groups is 1. The predicted octanol–water partition coefficient (Wildman–Crippen LogP) is 3.87. The van der Waals surface area contributed by atoms with Gasteiger partial charge in [0.1, 0.15) is 5.75 Å². The van der Waals surface area contributed by atoms with Crippen molar-refractivity contribution >= 4 is 0 Å². The first kappa shape index (κ1) is 13.0. The molecule has 1 aromatic carbocycles. The summed E-state index contributed by atoms with van der Waals surface area (Å²) in [6.45, 7) is 3.03. The maximum atomic E-state index is 10.7. The van der Waals surface area contributed by atoms with Gasteiger partial charge in [-0.2, -0.15) is 0 Å². The number of ether oxygens (including phenoxy) is 1. The molecule has 3 unspecified atom stereocenters. The van der Waals surface area contributed by atoms with Gasteiger partial charge in [0.25, 0.3) is 0 Å². The average Bonchev–Trinajstić information content (AvgIpc) is 2.95. The summed E-state index contributed by atoms with van der Waals surface area (Å²) in [5, 5.41) is 10.7. The molecule has 2 nitrogen and oxygen atoms in total. The summed E-state index contributed by atoms with van der Waals surface area (Å²) in [5.41, 5.74) is 2.29. The summed E-state index contributed by atoms with van der Waals surface area (Å²) in [7, 11) is 0. The molecule has 19 heavy (non-hydrogen) atoms. The molecule has 0 aromatic heterocycles. The van der Waals surface area contributed by atoms with E-state index in [9.17, 15) is 5.11 Å². The standard InChI is InChI=1S/C17H24O2/c1-2-12-5-3-7-14(11-12)16(18)15-8-4-6-13-9-10-19-17(13)15/h4,6,8,12,14,16,18H,2-3,5,7,9-11H2,1H3. The van der Waals surface area contributed by atoms with Gasteiger partial charge >= 0.3 is 0 Å². The average molecular weight is 260 g/mol. The van der Waals surface area contributed by atoms with E-state index in [0.717, 1.165) is 36.7 Å². The third kappa shape index (κ3) is 2.51. The molecule has 1 N–H and O–H groups in total. The van der Waals surface area contributed by atoms with Gasteiger partial charge in [0.2, 0.25) is 0 Å². The molecule has 1 aliphatic heterocycles. The van der Waals surface area contributed by atoms with E-state index >= 15 is 0 Å². The van der Waals surface area contributed by atoms with E-state index in [1.54, 1.807) is 0 Å². The molecule has 0 bridgehead atoms. The molecule has 2 heteroatoms. The van der Waals surface area contributed by atoms with Crippen molar-refractivity contribution in [3.8, 4) is 5.75 Å². The van der Waals surface area contributed by atoms with Crippen molar-refractivity contribution in [2.24, 2.45) is 11.8 Å². The second kappa shape index (κ2) is 5.54. The fourth-order valence-corrected chi connectivity index (χ4v) is 3.72. The van der Waals surface area contributed by atoms with Crippen molar-refractivity contribution in [1.29, 1.82) is 0 Å². The zero-order valence-corrected chi connectivity index (χ0v) is 11.8. The Labute approximate surface area is 115 Å². The fourth-order valence-electron chi connectivity index (χ4n) is 3.72.